The summed E-state index contributed by atoms with van der Waals surface area (Å²) < 4.78 is 39.0. The molecule has 1 heterocycles. The van der Waals surface area contributed by atoms with E-state index in [0.717, 1.165) is 22.6 Å². The van der Waals surface area contributed by atoms with Crippen molar-refractivity contribution in [3.05, 3.63) is 70.9 Å². The lowest BCUT2D eigenvalue weighted by atomic mass is 10.0. The summed E-state index contributed by atoms with van der Waals surface area (Å²) in [7, 11) is 0. The van der Waals surface area contributed by atoms with Crippen molar-refractivity contribution in [2.24, 2.45) is 0 Å². The minimum absolute atomic E-state index is 0.0260. The zero-order chi connectivity index (χ0) is 20.6. The third-order valence-electron chi connectivity index (χ3n) is 4.43. The van der Waals surface area contributed by atoms with Crippen LogP contribution in [0.4, 0.5) is 18.9 Å². The maximum atomic E-state index is 13.0. The van der Waals surface area contributed by atoms with Crippen LogP contribution in [-0.4, -0.2) is 22.8 Å². The van der Waals surface area contributed by atoms with Crippen molar-refractivity contribution in [1.29, 1.82) is 0 Å². The maximum Gasteiger partial charge on any atom is 0.416 e. The molecule has 0 aliphatic carbocycles. The van der Waals surface area contributed by atoms with E-state index in [4.69, 9.17) is 0 Å². The summed E-state index contributed by atoms with van der Waals surface area (Å²) in [5, 5.41) is 2.75. The van der Waals surface area contributed by atoms with Crippen molar-refractivity contribution in [2.45, 2.75) is 33.0 Å². The number of carbonyl (C=O) groups is 2. The van der Waals surface area contributed by atoms with E-state index in [0.29, 0.717) is 5.56 Å². The van der Waals surface area contributed by atoms with Gasteiger partial charge < -0.3 is 5.32 Å². The van der Waals surface area contributed by atoms with Crippen LogP contribution >= 0.6 is 0 Å². The summed E-state index contributed by atoms with van der Waals surface area (Å²) >= 11 is 0. The molecule has 1 aliphatic heterocycles. The molecule has 0 spiro atoms. The fourth-order valence-corrected chi connectivity index (χ4v) is 3.04. The summed E-state index contributed by atoms with van der Waals surface area (Å²) in [6.45, 7) is 5.30. The monoisotopic (exact) mass is 388 g/mol. The predicted octanol–water partition coefficient (Wildman–Crippen LogP) is 4.61. The van der Waals surface area contributed by atoms with Crippen LogP contribution in [0.2, 0.25) is 0 Å². The highest BCUT2D eigenvalue weighted by atomic mass is 19.4. The van der Waals surface area contributed by atoms with E-state index in [2.05, 4.69) is 5.32 Å². The summed E-state index contributed by atoms with van der Waals surface area (Å²) in [5.41, 5.74) is 0.877. The number of carbonyl (C=O) groups excluding carboxylic acids is 2. The normalized spacial score (nSPS) is 15.0. The fraction of sp³-hybridized carbons (Fsp3) is 0.238. The molecule has 28 heavy (non-hydrogen) atoms. The Hall–Kier alpha value is -3.09. The summed E-state index contributed by atoms with van der Waals surface area (Å²) in [6, 6.07) is 11.2. The van der Waals surface area contributed by atoms with Gasteiger partial charge in [0.05, 0.1) is 11.1 Å². The molecule has 0 atom stereocenters. The second-order valence-corrected chi connectivity index (χ2v) is 6.89. The summed E-state index contributed by atoms with van der Waals surface area (Å²) in [5.74, 6) is -1.04. The van der Waals surface area contributed by atoms with Gasteiger partial charge in [-0.2, -0.15) is 13.2 Å². The molecule has 0 bridgehead atoms. The van der Waals surface area contributed by atoms with Gasteiger partial charge in [0, 0.05) is 11.7 Å². The molecule has 0 radical (unpaired) electrons. The van der Waals surface area contributed by atoms with Crippen molar-refractivity contribution in [3.63, 3.8) is 0 Å². The lowest BCUT2D eigenvalue weighted by Gasteiger charge is -2.19. The number of aryl methyl sites for hydroxylation is 1. The molecule has 0 unspecified atom stereocenters. The van der Waals surface area contributed by atoms with Crippen LogP contribution in [0.1, 0.15) is 30.5 Å². The summed E-state index contributed by atoms with van der Waals surface area (Å²) in [4.78, 5) is 26.9. The van der Waals surface area contributed by atoms with Crippen LogP contribution in [0.15, 0.2) is 54.2 Å². The van der Waals surface area contributed by atoms with E-state index in [-0.39, 0.29) is 23.0 Å². The molecule has 4 nitrogen and oxygen atoms in total. The standard InChI is InChI=1S/C21H19F3N2O2/c1-12(2)26-19(27)17(14-9-7-13(3)8-10-14)18(20(26)28)25-16-6-4-5-15(11-16)21(22,23)24/h4-12,25H,1-3H3. The summed E-state index contributed by atoms with van der Waals surface area (Å²) in [6.07, 6.45) is -4.51. The first-order valence-electron chi connectivity index (χ1n) is 8.73. The number of hydrogen-bond donors (Lipinski definition) is 1. The number of imide groups is 1. The molecule has 0 aromatic heterocycles. The average molecular weight is 388 g/mol. The van der Waals surface area contributed by atoms with Crippen molar-refractivity contribution >= 4 is 23.1 Å². The first kappa shape index (κ1) is 19.7. The largest absolute Gasteiger partial charge is 0.416 e. The third-order valence-corrected chi connectivity index (χ3v) is 4.43. The van der Waals surface area contributed by atoms with Crippen LogP contribution in [0, 0.1) is 6.92 Å². The minimum Gasteiger partial charge on any atom is -0.350 e. The highest BCUT2D eigenvalue weighted by Crippen LogP contribution is 2.34. The Bertz CT molecular complexity index is 960. The number of nitrogens with zero attached hydrogens (tertiary/aromatic N) is 1. The number of rotatable bonds is 4. The molecule has 1 N–H and O–H groups in total. The highest BCUT2D eigenvalue weighted by molar-refractivity contribution is 6.36. The van der Waals surface area contributed by atoms with Gasteiger partial charge in [-0.3, -0.25) is 14.5 Å². The molecular weight excluding hydrogens is 369 g/mol. The number of amides is 2. The topological polar surface area (TPSA) is 49.4 Å². The van der Waals surface area contributed by atoms with Crippen LogP contribution in [0.3, 0.4) is 0 Å². The van der Waals surface area contributed by atoms with Gasteiger partial charge in [-0.1, -0.05) is 35.9 Å². The number of nitrogens with one attached hydrogen (secondary N) is 1. The van der Waals surface area contributed by atoms with Gasteiger partial charge in [0.1, 0.15) is 5.70 Å². The second-order valence-electron chi connectivity index (χ2n) is 6.89. The second kappa shape index (κ2) is 7.14. The van der Waals surface area contributed by atoms with Crippen LogP contribution < -0.4 is 5.32 Å². The molecular formula is C21H19F3N2O2. The van der Waals surface area contributed by atoms with E-state index in [9.17, 15) is 22.8 Å². The smallest absolute Gasteiger partial charge is 0.350 e. The Labute approximate surface area is 160 Å². The molecule has 146 valence electrons. The van der Waals surface area contributed by atoms with Crippen molar-refractivity contribution in [3.8, 4) is 0 Å². The fourth-order valence-electron chi connectivity index (χ4n) is 3.04. The third kappa shape index (κ3) is 3.65. The number of halogens is 3. The van der Waals surface area contributed by atoms with Gasteiger partial charge in [0.15, 0.2) is 0 Å². The quantitative estimate of drug-likeness (QED) is 0.778. The Morgan fingerprint density at radius 1 is 0.964 bits per heavy atom. The molecule has 0 saturated carbocycles. The van der Waals surface area contributed by atoms with Crippen molar-refractivity contribution < 1.29 is 22.8 Å². The number of benzene rings is 2. The minimum atomic E-state index is -4.51. The van der Waals surface area contributed by atoms with E-state index in [1.807, 2.05) is 6.92 Å². The molecule has 0 saturated heterocycles. The van der Waals surface area contributed by atoms with E-state index in [1.54, 1.807) is 38.1 Å². The number of alkyl halides is 3. The number of anilines is 1. The molecule has 3 rings (SSSR count). The van der Waals surface area contributed by atoms with Gasteiger partial charge in [-0.05, 0) is 44.5 Å². The zero-order valence-corrected chi connectivity index (χ0v) is 15.6. The van der Waals surface area contributed by atoms with E-state index in [1.165, 1.54) is 12.1 Å². The van der Waals surface area contributed by atoms with Gasteiger partial charge in [-0.25, -0.2) is 0 Å². The molecule has 1 aliphatic rings. The Kier molecular flexibility index (Phi) is 5.02. The first-order chi connectivity index (χ1) is 13.1. The van der Waals surface area contributed by atoms with Gasteiger partial charge in [-0.15, -0.1) is 0 Å². The van der Waals surface area contributed by atoms with E-state index < -0.39 is 23.6 Å². The van der Waals surface area contributed by atoms with Crippen molar-refractivity contribution in [2.75, 3.05) is 5.32 Å². The molecule has 2 aromatic rings. The average Bonchev–Trinajstić information content (AvgIpc) is 2.85. The predicted molar refractivity (Wildman–Crippen MR) is 100 cm³/mol. The van der Waals surface area contributed by atoms with E-state index >= 15 is 0 Å². The first-order valence-corrected chi connectivity index (χ1v) is 8.73. The lowest BCUT2D eigenvalue weighted by molar-refractivity contribution is -0.139. The maximum absolute atomic E-state index is 13.0. The van der Waals surface area contributed by atoms with Crippen LogP contribution in [-0.2, 0) is 15.8 Å². The Balaban J connectivity index is 2.09. The van der Waals surface area contributed by atoms with Gasteiger partial charge in [0.2, 0.25) is 0 Å². The number of hydrogen-bond acceptors (Lipinski definition) is 3. The van der Waals surface area contributed by atoms with Crippen LogP contribution in [0.5, 0.6) is 0 Å². The molecule has 2 amide bonds. The lowest BCUT2D eigenvalue weighted by Crippen LogP contribution is -2.38. The molecule has 7 heteroatoms. The van der Waals surface area contributed by atoms with Crippen LogP contribution in [0.25, 0.3) is 5.57 Å². The van der Waals surface area contributed by atoms with Gasteiger partial charge in [0.25, 0.3) is 11.8 Å². The highest BCUT2D eigenvalue weighted by Gasteiger charge is 2.40. The van der Waals surface area contributed by atoms with Gasteiger partial charge >= 0.3 is 6.18 Å². The molecule has 0 fully saturated rings. The van der Waals surface area contributed by atoms with Crippen molar-refractivity contribution in [1.82, 2.24) is 4.90 Å². The molecule has 2 aromatic carbocycles. The Morgan fingerprint density at radius 3 is 2.18 bits per heavy atom. The SMILES string of the molecule is Cc1ccc(C2=C(Nc3cccc(C(F)(F)F)c3)C(=O)N(C(C)C)C2=O)cc1. The zero-order valence-electron chi connectivity index (χ0n) is 15.6. The Morgan fingerprint density at radius 2 is 1.61 bits per heavy atom.